The summed E-state index contributed by atoms with van der Waals surface area (Å²) in [7, 11) is 1.66. The van der Waals surface area contributed by atoms with Crippen molar-refractivity contribution in [1.29, 1.82) is 0 Å². The van der Waals surface area contributed by atoms with Crippen molar-refractivity contribution in [3.63, 3.8) is 0 Å². The lowest BCUT2D eigenvalue weighted by molar-refractivity contribution is -0.121. The van der Waals surface area contributed by atoms with Gasteiger partial charge in [0.25, 0.3) is 0 Å². The Morgan fingerprint density at radius 2 is 1.94 bits per heavy atom. The van der Waals surface area contributed by atoms with E-state index in [9.17, 15) is 4.79 Å². The molecule has 7 heteroatoms. The van der Waals surface area contributed by atoms with Gasteiger partial charge in [-0.2, -0.15) is 0 Å². The molecule has 3 aromatic rings. The molecule has 1 aromatic heterocycles. The summed E-state index contributed by atoms with van der Waals surface area (Å²) in [4.78, 5) is 23.2. The van der Waals surface area contributed by atoms with Crippen LogP contribution in [0.4, 0.5) is 11.6 Å². The first kappa shape index (κ1) is 20.8. The monoisotopic (exact) mass is 417 g/mol. The highest BCUT2D eigenvalue weighted by Gasteiger charge is 2.26. The molecule has 2 aromatic carbocycles. The number of hydrogen-bond acceptors (Lipinski definition) is 6. The van der Waals surface area contributed by atoms with Crippen LogP contribution in [0, 0.1) is 5.92 Å². The highest BCUT2D eigenvalue weighted by atomic mass is 16.5. The average Bonchev–Trinajstić information content (AvgIpc) is 2.81. The maximum atomic E-state index is 12.9. The molecule has 31 heavy (non-hydrogen) atoms. The van der Waals surface area contributed by atoms with Crippen LogP contribution in [0.5, 0.6) is 5.75 Å². The van der Waals surface area contributed by atoms with Gasteiger partial charge in [-0.25, -0.2) is 9.97 Å². The molecule has 0 radical (unpaired) electrons. The Kier molecular flexibility index (Phi) is 6.43. The third-order valence-electron chi connectivity index (χ3n) is 5.56. The number of methoxy groups -OCH3 is 1. The van der Waals surface area contributed by atoms with E-state index < -0.39 is 0 Å². The van der Waals surface area contributed by atoms with Crippen LogP contribution in [-0.2, 0) is 11.3 Å². The maximum Gasteiger partial charge on any atom is 0.228 e. The standard InChI is InChI=1S/C24H27N5O2/c1-31-22-6-2-4-19(12-22)18-7-9-21(10-8-18)28-23(30)20-5-3-11-29(16-20)15-17-13-26-24(25)27-14-17/h2,4,6-10,12-14,20H,3,5,11,15-16H2,1H3,(H,28,30)(H2,25,26,27). The number of nitrogen functional groups attached to an aromatic ring is 1. The van der Waals surface area contributed by atoms with E-state index in [4.69, 9.17) is 10.5 Å². The largest absolute Gasteiger partial charge is 0.497 e. The van der Waals surface area contributed by atoms with Gasteiger partial charge in [0.05, 0.1) is 13.0 Å². The molecule has 160 valence electrons. The second-order valence-corrected chi connectivity index (χ2v) is 7.82. The normalized spacial score (nSPS) is 16.6. The summed E-state index contributed by atoms with van der Waals surface area (Å²) in [5.74, 6) is 1.12. The molecule has 2 heterocycles. The summed E-state index contributed by atoms with van der Waals surface area (Å²) in [6.45, 7) is 2.40. The molecule has 4 rings (SSSR count). The van der Waals surface area contributed by atoms with Gasteiger partial charge < -0.3 is 15.8 Å². The van der Waals surface area contributed by atoms with Gasteiger partial charge in [0.2, 0.25) is 11.9 Å². The second-order valence-electron chi connectivity index (χ2n) is 7.82. The second kappa shape index (κ2) is 9.57. The van der Waals surface area contributed by atoms with Crippen molar-refractivity contribution in [1.82, 2.24) is 14.9 Å². The summed E-state index contributed by atoms with van der Waals surface area (Å²) < 4.78 is 5.30. The molecule has 1 unspecified atom stereocenters. The molecule has 1 amide bonds. The van der Waals surface area contributed by atoms with Crippen LogP contribution < -0.4 is 15.8 Å². The molecule has 3 N–H and O–H groups in total. The van der Waals surface area contributed by atoms with Gasteiger partial charge in [-0.05, 0) is 54.8 Å². The van der Waals surface area contributed by atoms with Gasteiger partial charge in [-0.3, -0.25) is 9.69 Å². The number of benzene rings is 2. The van der Waals surface area contributed by atoms with E-state index in [1.54, 1.807) is 19.5 Å². The lowest BCUT2D eigenvalue weighted by Crippen LogP contribution is -2.40. The molecule has 1 atom stereocenters. The van der Waals surface area contributed by atoms with Gasteiger partial charge in [-0.1, -0.05) is 24.3 Å². The van der Waals surface area contributed by atoms with Crippen molar-refractivity contribution in [2.75, 3.05) is 31.2 Å². The fourth-order valence-electron chi connectivity index (χ4n) is 3.91. The smallest absolute Gasteiger partial charge is 0.228 e. The first-order chi connectivity index (χ1) is 15.1. The number of carbonyl (C=O) groups is 1. The number of nitrogens with zero attached hydrogens (tertiary/aromatic N) is 3. The molecule has 1 aliphatic heterocycles. The van der Waals surface area contributed by atoms with Crippen LogP contribution in [0.1, 0.15) is 18.4 Å². The molecule has 1 saturated heterocycles. The van der Waals surface area contributed by atoms with Gasteiger partial charge in [-0.15, -0.1) is 0 Å². The number of likely N-dealkylation sites (tertiary alicyclic amines) is 1. The molecule has 1 fully saturated rings. The quantitative estimate of drug-likeness (QED) is 0.637. The van der Waals surface area contributed by atoms with Gasteiger partial charge in [0.15, 0.2) is 0 Å². The Labute approximate surface area is 182 Å². The number of ether oxygens (including phenoxy) is 1. The predicted molar refractivity (Wildman–Crippen MR) is 122 cm³/mol. The number of anilines is 2. The highest BCUT2D eigenvalue weighted by Crippen LogP contribution is 2.26. The lowest BCUT2D eigenvalue weighted by atomic mass is 9.96. The molecule has 7 nitrogen and oxygen atoms in total. The summed E-state index contributed by atoms with van der Waals surface area (Å²) in [6, 6.07) is 15.8. The van der Waals surface area contributed by atoms with Crippen molar-refractivity contribution in [2.24, 2.45) is 5.92 Å². The Balaban J connectivity index is 1.35. The maximum absolute atomic E-state index is 12.9. The molecule has 0 aliphatic carbocycles. The van der Waals surface area contributed by atoms with Crippen molar-refractivity contribution in [2.45, 2.75) is 19.4 Å². The minimum atomic E-state index is -0.0403. The van der Waals surface area contributed by atoms with Crippen LogP contribution in [-0.4, -0.2) is 41.0 Å². The topological polar surface area (TPSA) is 93.4 Å². The van der Waals surface area contributed by atoms with Crippen LogP contribution in [0.3, 0.4) is 0 Å². The Hall–Kier alpha value is -3.45. The van der Waals surface area contributed by atoms with E-state index in [0.29, 0.717) is 0 Å². The number of carbonyl (C=O) groups excluding carboxylic acids is 1. The van der Waals surface area contributed by atoms with Crippen molar-refractivity contribution in [3.8, 4) is 16.9 Å². The van der Waals surface area contributed by atoms with Gasteiger partial charge in [0.1, 0.15) is 5.75 Å². The lowest BCUT2D eigenvalue weighted by Gasteiger charge is -2.31. The predicted octanol–water partition coefficient (Wildman–Crippen LogP) is 3.59. The number of piperidine rings is 1. The zero-order chi connectivity index (χ0) is 21.6. The Morgan fingerprint density at radius 1 is 1.16 bits per heavy atom. The molecule has 0 spiro atoms. The zero-order valence-electron chi connectivity index (χ0n) is 17.6. The van der Waals surface area contributed by atoms with E-state index in [-0.39, 0.29) is 17.8 Å². The fraction of sp³-hybridized carbons (Fsp3) is 0.292. The first-order valence-corrected chi connectivity index (χ1v) is 10.4. The Morgan fingerprint density at radius 3 is 2.68 bits per heavy atom. The minimum Gasteiger partial charge on any atom is -0.497 e. The number of nitrogens with one attached hydrogen (secondary N) is 1. The number of aromatic nitrogens is 2. The van der Waals surface area contributed by atoms with E-state index in [1.165, 1.54) is 0 Å². The summed E-state index contributed by atoms with van der Waals surface area (Å²) in [5, 5.41) is 3.07. The summed E-state index contributed by atoms with van der Waals surface area (Å²) >= 11 is 0. The number of nitrogens with two attached hydrogens (primary N) is 1. The van der Waals surface area contributed by atoms with Crippen molar-refractivity contribution in [3.05, 3.63) is 66.5 Å². The van der Waals surface area contributed by atoms with Crippen LogP contribution >= 0.6 is 0 Å². The van der Waals surface area contributed by atoms with Gasteiger partial charge in [0, 0.05) is 36.7 Å². The van der Waals surface area contributed by atoms with E-state index >= 15 is 0 Å². The van der Waals surface area contributed by atoms with Crippen LogP contribution in [0.2, 0.25) is 0 Å². The third-order valence-corrected chi connectivity index (χ3v) is 5.56. The first-order valence-electron chi connectivity index (χ1n) is 10.4. The number of amides is 1. The molecule has 1 aliphatic rings. The van der Waals surface area contributed by atoms with E-state index in [1.807, 2.05) is 48.5 Å². The average molecular weight is 418 g/mol. The fourth-order valence-corrected chi connectivity index (χ4v) is 3.91. The SMILES string of the molecule is COc1cccc(-c2ccc(NC(=O)C3CCCN(Cc4cnc(N)nc4)C3)cc2)c1. The van der Waals surface area contributed by atoms with Gasteiger partial charge >= 0.3 is 0 Å². The number of rotatable bonds is 6. The van der Waals surface area contributed by atoms with Crippen LogP contribution in [0.25, 0.3) is 11.1 Å². The molecular weight excluding hydrogens is 390 g/mol. The van der Waals surface area contributed by atoms with Crippen LogP contribution in [0.15, 0.2) is 60.9 Å². The Bertz CT molecular complexity index is 1020. The van der Waals surface area contributed by atoms with Crippen molar-refractivity contribution < 1.29 is 9.53 Å². The molecule has 0 saturated carbocycles. The minimum absolute atomic E-state index is 0.0403. The van der Waals surface area contributed by atoms with E-state index in [0.717, 1.165) is 60.6 Å². The summed E-state index contributed by atoms with van der Waals surface area (Å²) in [6.07, 6.45) is 5.37. The highest BCUT2D eigenvalue weighted by molar-refractivity contribution is 5.93. The molecular formula is C24H27N5O2. The van der Waals surface area contributed by atoms with E-state index in [2.05, 4.69) is 20.2 Å². The zero-order valence-corrected chi connectivity index (χ0v) is 17.6. The molecule has 0 bridgehead atoms. The van der Waals surface area contributed by atoms with Crippen molar-refractivity contribution >= 4 is 17.5 Å². The number of hydrogen-bond donors (Lipinski definition) is 2. The third kappa shape index (κ3) is 5.38. The summed E-state index contributed by atoms with van der Waals surface area (Å²) in [5.41, 5.74) is 9.52.